The number of aromatic amines is 1. The van der Waals surface area contributed by atoms with Crippen molar-refractivity contribution in [3.63, 3.8) is 0 Å². The molecule has 1 saturated heterocycles. The summed E-state index contributed by atoms with van der Waals surface area (Å²) in [5.74, 6) is -0.740. The molecule has 1 aromatic rings. The lowest BCUT2D eigenvalue weighted by atomic mass is 9.97. The van der Waals surface area contributed by atoms with Crippen LogP contribution in [-0.4, -0.2) is 41.5 Å². The minimum atomic E-state index is -0.310. The average Bonchev–Trinajstić information content (AvgIpc) is 2.47. The molecule has 108 valence electrons. The molecule has 1 aliphatic heterocycles. The van der Waals surface area contributed by atoms with E-state index in [9.17, 15) is 14.4 Å². The van der Waals surface area contributed by atoms with Crippen LogP contribution < -0.4 is 5.56 Å². The van der Waals surface area contributed by atoms with E-state index in [1.165, 1.54) is 12.3 Å². The van der Waals surface area contributed by atoms with Gasteiger partial charge in [-0.2, -0.15) is 0 Å². The number of pyridine rings is 1. The molecule has 6 heteroatoms. The first-order chi connectivity index (χ1) is 9.61. The van der Waals surface area contributed by atoms with Gasteiger partial charge in [-0.3, -0.25) is 14.4 Å². The number of aromatic nitrogens is 1. The van der Waals surface area contributed by atoms with E-state index in [1.54, 1.807) is 17.9 Å². The van der Waals surface area contributed by atoms with Crippen LogP contribution in [0.25, 0.3) is 0 Å². The predicted octanol–water partition coefficient (Wildman–Crippen LogP) is 0.790. The van der Waals surface area contributed by atoms with Crippen LogP contribution in [-0.2, 0) is 9.53 Å². The van der Waals surface area contributed by atoms with Crippen molar-refractivity contribution in [3.05, 3.63) is 34.2 Å². The van der Waals surface area contributed by atoms with Gasteiger partial charge in [0.25, 0.3) is 5.91 Å². The Morgan fingerprint density at radius 3 is 3.00 bits per heavy atom. The van der Waals surface area contributed by atoms with Gasteiger partial charge in [-0.25, -0.2) is 0 Å². The summed E-state index contributed by atoms with van der Waals surface area (Å²) in [5, 5.41) is 0. The topological polar surface area (TPSA) is 79.5 Å². The van der Waals surface area contributed by atoms with Crippen LogP contribution in [0, 0.1) is 5.92 Å². The van der Waals surface area contributed by atoms with E-state index in [-0.39, 0.29) is 23.4 Å². The van der Waals surface area contributed by atoms with Crippen molar-refractivity contribution >= 4 is 11.9 Å². The van der Waals surface area contributed by atoms with Gasteiger partial charge in [-0.05, 0) is 25.8 Å². The molecule has 1 aliphatic rings. The lowest BCUT2D eigenvalue weighted by Crippen LogP contribution is -2.43. The highest BCUT2D eigenvalue weighted by Gasteiger charge is 2.29. The Bertz CT molecular complexity index is 552. The van der Waals surface area contributed by atoms with Gasteiger partial charge < -0.3 is 14.6 Å². The number of hydrogen-bond acceptors (Lipinski definition) is 4. The van der Waals surface area contributed by atoms with Gasteiger partial charge in [0, 0.05) is 30.9 Å². The van der Waals surface area contributed by atoms with Gasteiger partial charge in [-0.1, -0.05) is 0 Å². The fourth-order valence-electron chi connectivity index (χ4n) is 2.37. The first-order valence-electron chi connectivity index (χ1n) is 6.76. The lowest BCUT2D eigenvalue weighted by molar-refractivity contribution is -0.149. The van der Waals surface area contributed by atoms with Crippen LogP contribution in [0.4, 0.5) is 0 Å². The van der Waals surface area contributed by atoms with Crippen molar-refractivity contribution in [2.24, 2.45) is 5.92 Å². The fourth-order valence-corrected chi connectivity index (χ4v) is 2.37. The van der Waals surface area contributed by atoms with Gasteiger partial charge in [0.15, 0.2) is 0 Å². The Morgan fingerprint density at radius 2 is 2.30 bits per heavy atom. The number of H-pyrrole nitrogens is 1. The quantitative estimate of drug-likeness (QED) is 0.829. The van der Waals surface area contributed by atoms with E-state index in [0.717, 1.165) is 12.8 Å². The van der Waals surface area contributed by atoms with Gasteiger partial charge in [0.1, 0.15) is 0 Å². The Hall–Kier alpha value is -2.11. The van der Waals surface area contributed by atoms with Gasteiger partial charge in [0.05, 0.1) is 12.5 Å². The monoisotopic (exact) mass is 278 g/mol. The number of ether oxygens (including phenoxy) is 1. The van der Waals surface area contributed by atoms with Crippen LogP contribution in [0.3, 0.4) is 0 Å². The summed E-state index contributed by atoms with van der Waals surface area (Å²) in [6.45, 7) is 3.06. The molecular formula is C14H18N2O4. The molecule has 1 fully saturated rings. The molecule has 1 N–H and O–H groups in total. The summed E-state index contributed by atoms with van der Waals surface area (Å²) in [5.41, 5.74) is 0.0352. The maximum Gasteiger partial charge on any atom is 0.310 e. The van der Waals surface area contributed by atoms with Crippen molar-refractivity contribution in [1.82, 2.24) is 9.88 Å². The maximum absolute atomic E-state index is 12.3. The van der Waals surface area contributed by atoms with E-state index >= 15 is 0 Å². The Balaban J connectivity index is 2.07. The molecule has 0 spiro atoms. The number of carbonyl (C=O) groups is 2. The van der Waals surface area contributed by atoms with Crippen molar-refractivity contribution in [2.75, 3.05) is 19.7 Å². The van der Waals surface area contributed by atoms with E-state index < -0.39 is 0 Å². The molecule has 20 heavy (non-hydrogen) atoms. The second kappa shape index (κ2) is 6.36. The molecule has 1 amide bonds. The smallest absolute Gasteiger partial charge is 0.310 e. The minimum absolute atomic E-state index is 0.218. The van der Waals surface area contributed by atoms with Crippen molar-refractivity contribution in [1.29, 1.82) is 0 Å². The number of nitrogens with one attached hydrogen (secondary N) is 1. The summed E-state index contributed by atoms with van der Waals surface area (Å²) < 4.78 is 5.00. The van der Waals surface area contributed by atoms with Crippen molar-refractivity contribution in [3.8, 4) is 0 Å². The standard InChI is InChI=1S/C14H18N2O4/c1-2-20-14(19)11-4-3-7-16(9-11)13(18)10-5-6-15-12(17)8-10/h5-6,8,11H,2-4,7,9H2,1H3,(H,15,17)/t11-/m1/s1. The lowest BCUT2D eigenvalue weighted by Gasteiger charge is -2.31. The summed E-state index contributed by atoms with van der Waals surface area (Å²) >= 11 is 0. The molecule has 2 rings (SSSR count). The summed E-state index contributed by atoms with van der Waals surface area (Å²) in [6, 6.07) is 2.84. The second-order valence-electron chi connectivity index (χ2n) is 4.78. The zero-order valence-electron chi connectivity index (χ0n) is 11.4. The van der Waals surface area contributed by atoms with Crippen molar-refractivity contribution < 1.29 is 14.3 Å². The van der Waals surface area contributed by atoms with Crippen LogP contribution in [0.2, 0.25) is 0 Å². The number of likely N-dealkylation sites (tertiary alicyclic amines) is 1. The van der Waals surface area contributed by atoms with Crippen LogP contribution in [0.5, 0.6) is 0 Å². The molecule has 0 aromatic carbocycles. The highest BCUT2D eigenvalue weighted by atomic mass is 16.5. The Labute approximate surface area is 116 Å². The number of amides is 1. The Morgan fingerprint density at radius 1 is 1.50 bits per heavy atom. The molecule has 0 radical (unpaired) electrons. The molecule has 6 nitrogen and oxygen atoms in total. The van der Waals surface area contributed by atoms with E-state index in [1.807, 2.05) is 0 Å². The SMILES string of the molecule is CCOC(=O)[C@@H]1CCCN(C(=O)c2cc[nH]c(=O)c2)C1. The zero-order chi connectivity index (χ0) is 14.5. The predicted molar refractivity (Wildman–Crippen MR) is 72.3 cm³/mol. The molecular weight excluding hydrogens is 260 g/mol. The molecule has 2 heterocycles. The second-order valence-corrected chi connectivity index (χ2v) is 4.78. The highest BCUT2D eigenvalue weighted by molar-refractivity contribution is 5.94. The molecule has 1 atom stereocenters. The summed E-state index contributed by atoms with van der Waals surface area (Å²) in [7, 11) is 0. The largest absolute Gasteiger partial charge is 0.466 e. The van der Waals surface area contributed by atoms with Crippen LogP contribution >= 0.6 is 0 Å². The number of carbonyl (C=O) groups excluding carboxylic acids is 2. The third-order valence-corrected chi connectivity index (χ3v) is 3.35. The average molecular weight is 278 g/mol. The molecule has 0 bridgehead atoms. The van der Waals surface area contributed by atoms with E-state index in [2.05, 4.69) is 4.98 Å². The first-order valence-corrected chi connectivity index (χ1v) is 6.76. The molecule has 0 unspecified atom stereocenters. The number of hydrogen-bond donors (Lipinski definition) is 1. The minimum Gasteiger partial charge on any atom is -0.466 e. The van der Waals surface area contributed by atoms with E-state index in [0.29, 0.717) is 25.3 Å². The van der Waals surface area contributed by atoms with Crippen LogP contribution in [0.15, 0.2) is 23.1 Å². The summed E-state index contributed by atoms with van der Waals surface area (Å²) in [6.07, 6.45) is 2.94. The van der Waals surface area contributed by atoms with Crippen LogP contribution in [0.1, 0.15) is 30.1 Å². The third-order valence-electron chi connectivity index (χ3n) is 3.35. The molecule has 0 saturated carbocycles. The van der Waals surface area contributed by atoms with Gasteiger partial charge >= 0.3 is 5.97 Å². The van der Waals surface area contributed by atoms with E-state index in [4.69, 9.17) is 4.74 Å². The number of esters is 1. The molecule has 0 aliphatic carbocycles. The molecule has 1 aromatic heterocycles. The number of piperidine rings is 1. The zero-order valence-corrected chi connectivity index (χ0v) is 11.4. The highest BCUT2D eigenvalue weighted by Crippen LogP contribution is 2.19. The third kappa shape index (κ3) is 3.26. The normalized spacial score (nSPS) is 18.6. The van der Waals surface area contributed by atoms with Crippen molar-refractivity contribution in [2.45, 2.75) is 19.8 Å². The number of nitrogens with zero attached hydrogens (tertiary/aromatic N) is 1. The first kappa shape index (κ1) is 14.3. The van der Waals surface area contributed by atoms with Gasteiger partial charge in [-0.15, -0.1) is 0 Å². The van der Waals surface area contributed by atoms with Gasteiger partial charge in [0.2, 0.25) is 5.56 Å². The fraction of sp³-hybridized carbons (Fsp3) is 0.500. The number of rotatable bonds is 3. The summed E-state index contributed by atoms with van der Waals surface area (Å²) in [4.78, 5) is 39.4. The Kier molecular flexibility index (Phi) is 4.55. The maximum atomic E-state index is 12.3.